The molecule has 0 N–H and O–H groups in total. The number of allylic oxidation sites excluding steroid dienone is 4. The number of hydrogen-bond donors (Lipinski definition) is 0. The predicted molar refractivity (Wildman–Crippen MR) is 104 cm³/mol. The van der Waals surface area contributed by atoms with Crippen molar-refractivity contribution in [1.29, 1.82) is 0 Å². The first-order chi connectivity index (χ1) is 11.3. The normalized spacial score (nSPS) is 32.8. The van der Waals surface area contributed by atoms with E-state index in [2.05, 4.69) is 38.2 Å². The van der Waals surface area contributed by atoms with E-state index in [1.165, 1.54) is 83.5 Å². The van der Waals surface area contributed by atoms with Crippen LogP contribution in [-0.4, -0.2) is 0 Å². The van der Waals surface area contributed by atoms with Crippen molar-refractivity contribution < 1.29 is 0 Å². The summed E-state index contributed by atoms with van der Waals surface area (Å²) in [7, 11) is 0. The SMILES string of the molecule is CCCC=CC1CCC(C2CCC(C=CCCCC)CC2)CC1. The minimum absolute atomic E-state index is 0.899. The highest BCUT2D eigenvalue weighted by Gasteiger charge is 2.29. The third-order valence-corrected chi connectivity index (χ3v) is 6.30. The number of unbranched alkanes of at least 4 members (excludes halogenated alkanes) is 3. The molecule has 0 aromatic rings. The lowest BCUT2D eigenvalue weighted by Gasteiger charge is -2.37. The Morgan fingerprint density at radius 3 is 1.52 bits per heavy atom. The van der Waals surface area contributed by atoms with Crippen molar-refractivity contribution in [2.45, 2.75) is 97.3 Å². The maximum atomic E-state index is 2.54. The third-order valence-electron chi connectivity index (χ3n) is 6.30. The summed E-state index contributed by atoms with van der Waals surface area (Å²) in [5.41, 5.74) is 0. The Balaban J connectivity index is 1.63. The van der Waals surface area contributed by atoms with Gasteiger partial charge in [0, 0.05) is 0 Å². The molecule has 2 fully saturated rings. The van der Waals surface area contributed by atoms with Crippen molar-refractivity contribution in [3.05, 3.63) is 24.3 Å². The van der Waals surface area contributed by atoms with Crippen molar-refractivity contribution in [1.82, 2.24) is 0 Å². The van der Waals surface area contributed by atoms with Crippen LogP contribution >= 0.6 is 0 Å². The molecule has 0 saturated heterocycles. The fraction of sp³-hybridized carbons (Fsp3) is 0.826. The first kappa shape index (κ1) is 18.8. The van der Waals surface area contributed by atoms with Gasteiger partial charge in [-0.1, -0.05) is 57.4 Å². The summed E-state index contributed by atoms with van der Waals surface area (Å²) in [6.07, 6.45) is 28.4. The van der Waals surface area contributed by atoms with Crippen LogP contribution in [-0.2, 0) is 0 Å². The molecular weight excluding hydrogens is 276 g/mol. The first-order valence-corrected chi connectivity index (χ1v) is 10.7. The van der Waals surface area contributed by atoms with E-state index in [9.17, 15) is 0 Å². The topological polar surface area (TPSA) is 0 Å². The lowest BCUT2D eigenvalue weighted by molar-refractivity contribution is 0.166. The molecule has 2 aliphatic carbocycles. The zero-order valence-corrected chi connectivity index (χ0v) is 15.8. The van der Waals surface area contributed by atoms with Crippen molar-refractivity contribution in [2.24, 2.45) is 23.7 Å². The third kappa shape index (κ3) is 6.86. The van der Waals surface area contributed by atoms with E-state index in [-0.39, 0.29) is 0 Å². The quantitative estimate of drug-likeness (QED) is 0.318. The van der Waals surface area contributed by atoms with E-state index in [0.717, 1.165) is 23.7 Å². The summed E-state index contributed by atoms with van der Waals surface area (Å²) in [6.45, 7) is 4.56. The molecular formula is C23H40. The Morgan fingerprint density at radius 1 is 0.609 bits per heavy atom. The molecule has 23 heavy (non-hydrogen) atoms. The van der Waals surface area contributed by atoms with Crippen LogP contribution in [0.15, 0.2) is 24.3 Å². The second-order valence-electron chi connectivity index (χ2n) is 8.14. The Bertz CT molecular complexity index is 335. The minimum Gasteiger partial charge on any atom is -0.0883 e. The zero-order chi connectivity index (χ0) is 16.3. The predicted octanol–water partition coefficient (Wildman–Crippen LogP) is 7.70. The highest BCUT2D eigenvalue weighted by molar-refractivity contribution is 4.94. The van der Waals surface area contributed by atoms with Gasteiger partial charge in [-0.05, 0) is 87.9 Å². The van der Waals surface area contributed by atoms with Gasteiger partial charge >= 0.3 is 0 Å². The largest absolute Gasteiger partial charge is 0.0883 e. The van der Waals surface area contributed by atoms with Crippen molar-refractivity contribution in [3.63, 3.8) is 0 Å². The van der Waals surface area contributed by atoms with Crippen LogP contribution < -0.4 is 0 Å². The van der Waals surface area contributed by atoms with Crippen LogP contribution in [0.5, 0.6) is 0 Å². The average Bonchev–Trinajstić information content (AvgIpc) is 2.60. The molecule has 0 heteroatoms. The van der Waals surface area contributed by atoms with Crippen LogP contribution in [0.4, 0.5) is 0 Å². The molecule has 0 spiro atoms. The van der Waals surface area contributed by atoms with Gasteiger partial charge in [0.1, 0.15) is 0 Å². The molecule has 0 amide bonds. The summed E-state index contributed by atoms with van der Waals surface area (Å²) in [5.74, 6) is 3.90. The van der Waals surface area contributed by atoms with Crippen LogP contribution in [0.1, 0.15) is 97.3 Å². The van der Waals surface area contributed by atoms with E-state index in [1.54, 1.807) is 0 Å². The first-order valence-electron chi connectivity index (χ1n) is 10.7. The zero-order valence-electron chi connectivity index (χ0n) is 15.8. The lowest BCUT2D eigenvalue weighted by Crippen LogP contribution is -2.25. The van der Waals surface area contributed by atoms with Gasteiger partial charge in [-0.2, -0.15) is 0 Å². The fourth-order valence-corrected chi connectivity index (χ4v) is 4.68. The van der Waals surface area contributed by atoms with Gasteiger partial charge in [0.2, 0.25) is 0 Å². The van der Waals surface area contributed by atoms with Gasteiger partial charge in [0.15, 0.2) is 0 Å². The maximum Gasteiger partial charge on any atom is -0.0233 e. The molecule has 132 valence electrons. The highest BCUT2D eigenvalue weighted by atomic mass is 14.3. The highest BCUT2D eigenvalue weighted by Crippen LogP contribution is 2.41. The summed E-state index contributed by atoms with van der Waals surface area (Å²) in [6, 6.07) is 0. The number of rotatable bonds is 8. The molecule has 0 unspecified atom stereocenters. The van der Waals surface area contributed by atoms with Gasteiger partial charge in [0.25, 0.3) is 0 Å². The molecule has 0 nitrogen and oxygen atoms in total. The van der Waals surface area contributed by atoms with Crippen LogP contribution in [0.25, 0.3) is 0 Å². The van der Waals surface area contributed by atoms with Gasteiger partial charge in [0.05, 0.1) is 0 Å². The Morgan fingerprint density at radius 2 is 1.09 bits per heavy atom. The molecule has 0 heterocycles. The van der Waals surface area contributed by atoms with Gasteiger partial charge in [-0.3, -0.25) is 0 Å². The molecule has 0 radical (unpaired) electrons. The number of hydrogen-bond acceptors (Lipinski definition) is 0. The summed E-state index contributed by atoms with van der Waals surface area (Å²) in [5, 5.41) is 0. The van der Waals surface area contributed by atoms with Crippen molar-refractivity contribution >= 4 is 0 Å². The van der Waals surface area contributed by atoms with Crippen molar-refractivity contribution in [3.8, 4) is 0 Å². The minimum atomic E-state index is 0.899. The molecule has 0 aliphatic heterocycles. The Kier molecular flexibility index (Phi) is 9.09. The van der Waals surface area contributed by atoms with E-state index < -0.39 is 0 Å². The molecule has 0 atom stereocenters. The van der Waals surface area contributed by atoms with Gasteiger partial charge in [-0.15, -0.1) is 0 Å². The molecule has 0 bridgehead atoms. The fourth-order valence-electron chi connectivity index (χ4n) is 4.68. The van der Waals surface area contributed by atoms with Crippen LogP contribution in [0.3, 0.4) is 0 Å². The van der Waals surface area contributed by atoms with Crippen LogP contribution in [0.2, 0.25) is 0 Å². The Labute approximate surface area is 145 Å². The van der Waals surface area contributed by atoms with E-state index in [4.69, 9.17) is 0 Å². The van der Waals surface area contributed by atoms with Crippen LogP contribution in [0, 0.1) is 23.7 Å². The second-order valence-corrected chi connectivity index (χ2v) is 8.14. The monoisotopic (exact) mass is 316 g/mol. The molecule has 2 saturated carbocycles. The van der Waals surface area contributed by atoms with Crippen molar-refractivity contribution in [2.75, 3.05) is 0 Å². The maximum absolute atomic E-state index is 2.54. The molecule has 0 aromatic heterocycles. The summed E-state index contributed by atoms with van der Waals surface area (Å²) in [4.78, 5) is 0. The standard InChI is InChI=1S/C23H40/c1-3-5-7-9-11-21-14-18-23(19-15-21)22-16-12-20(13-17-22)10-8-6-4-2/h8-11,20-23H,3-7,12-19H2,1-2H3. The van der Waals surface area contributed by atoms with Gasteiger partial charge < -0.3 is 0 Å². The molecule has 2 rings (SSSR count). The smallest absolute Gasteiger partial charge is 0.0233 e. The van der Waals surface area contributed by atoms with Gasteiger partial charge in [-0.25, -0.2) is 0 Å². The Hall–Kier alpha value is -0.520. The second kappa shape index (κ2) is 11.1. The van der Waals surface area contributed by atoms with E-state index >= 15 is 0 Å². The average molecular weight is 317 g/mol. The summed E-state index contributed by atoms with van der Waals surface area (Å²) < 4.78 is 0. The van der Waals surface area contributed by atoms with E-state index in [0.29, 0.717) is 0 Å². The summed E-state index contributed by atoms with van der Waals surface area (Å²) >= 11 is 0. The molecule has 0 aromatic carbocycles. The molecule has 2 aliphatic rings. The van der Waals surface area contributed by atoms with E-state index in [1.807, 2.05) is 0 Å². The lowest BCUT2D eigenvalue weighted by atomic mass is 9.69.